The molecule has 0 aliphatic carbocycles. The third-order valence-electron chi connectivity index (χ3n) is 2.57. The third kappa shape index (κ3) is 1.95. The van der Waals surface area contributed by atoms with Crippen molar-refractivity contribution in [3.63, 3.8) is 0 Å². The van der Waals surface area contributed by atoms with Gasteiger partial charge in [0.1, 0.15) is 6.29 Å². The van der Waals surface area contributed by atoms with E-state index in [0.29, 0.717) is 0 Å². The highest BCUT2D eigenvalue weighted by atomic mass is 79.9. The van der Waals surface area contributed by atoms with E-state index < -0.39 is 0 Å². The normalized spacial score (nSPS) is 12.7. The molecule has 0 heterocycles. The quantitative estimate of drug-likeness (QED) is 0.751. The molecule has 1 atom stereocenters. The fourth-order valence-electron chi connectivity index (χ4n) is 1.74. The summed E-state index contributed by atoms with van der Waals surface area (Å²) in [6.45, 7) is 1.92. The van der Waals surface area contributed by atoms with Crippen molar-refractivity contribution in [3.05, 3.63) is 46.4 Å². The van der Waals surface area contributed by atoms with Gasteiger partial charge in [0.25, 0.3) is 0 Å². The van der Waals surface area contributed by atoms with Crippen molar-refractivity contribution in [3.8, 4) is 0 Å². The van der Waals surface area contributed by atoms with E-state index in [4.69, 9.17) is 0 Å². The van der Waals surface area contributed by atoms with Crippen LogP contribution in [0.5, 0.6) is 0 Å². The predicted molar refractivity (Wildman–Crippen MR) is 66.1 cm³/mol. The Balaban J connectivity index is 2.73. The van der Waals surface area contributed by atoms with Crippen molar-refractivity contribution >= 4 is 33.0 Å². The number of hydrogen-bond acceptors (Lipinski definition) is 1. The Morgan fingerprint density at radius 3 is 2.80 bits per heavy atom. The maximum absolute atomic E-state index is 10.8. The van der Waals surface area contributed by atoms with E-state index in [1.807, 2.05) is 25.1 Å². The highest BCUT2D eigenvalue weighted by Gasteiger charge is 2.07. The fourth-order valence-corrected chi connectivity index (χ4v) is 2.10. The number of hydrogen-bond donors (Lipinski definition) is 0. The smallest absolute Gasteiger partial charge is 0.127 e. The first kappa shape index (κ1) is 10.4. The zero-order valence-electron chi connectivity index (χ0n) is 8.41. The molecule has 0 bridgehead atoms. The third-order valence-corrected chi connectivity index (χ3v) is 3.07. The lowest BCUT2D eigenvalue weighted by atomic mass is 9.96. The van der Waals surface area contributed by atoms with Crippen LogP contribution < -0.4 is 0 Å². The van der Waals surface area contributed by atoms with E-state index >= 15 is 0 Å². The number of carbonyl (C=O) groups excluding carboxylic acids is 1. The molecule has 0 aliphatic rings. The molecule has 1 unspecified atom stereocenters. The number of benzene rings is 2. The first-order chi connectivity index (χ1) is 7.22. The van der Waals surface area contributed by atoms with Crippen LogP contribution in [0.2, 0.25) is 0 Å². The second-order valence-electron chi connectivity index (χ2n) is 3.64. The summed E-state index contributed by atoms with van der Waals surface area (Å²) in [5, 5.41) is 2.32. The van der Waals surface area contributed by atoms with Gasteiger partial charge < -0.3 is 4.79 Å². The maximum Gasteiger partial charge on any atom is 0.127 e. The minimum Gasteiger partial charge on any atom is -0.303 e. The predicted octanol–water partition coefficient (Wildman–Crippen LogP) is 3.90. The molecule has 0 N–H and O–H groups in total. The number of halogens is 1. The van der Waals surface area contributed by atoms with Crippen molar-refractivity contribution in [1.82, 2.24) is 0 Å². The molecule has 15 heavy (non-hydrogen) atoms. The highest BCUT2D eigenvalue weighted by molar-refractivity contribution is 9.10. The molecule has 0 saturated heterocycles. The average molecular weight is 263 g/mol. The molecule has 0 spiro atoms. The van der Waals surface area contributed by atoms with Crippen molar-refractivity contribution in [2.75, 3.05) is 0 Å². The van der Waals surface area contributed by atoms with E-state index in [-0.39, 0.29) is 5.92 Å². The topological polar surface area (TPSA) is 17.1 Å². The van der Waals surface area contributed by atoms with E-state index in [2.05, 4.69) is 34.1 Å². The van der Waals surface area contributed by atoms with E-state index in [0.717, 1.165) is 21.7 Å². The average Bonchev–Trinajstić information content (AvgIpc) is 2.27. The summed E-state index contributed by atoms with van der Waals surface area (Å²) in [5.74, 6) is -0.0528. The number of fused-ring (bicyclic) bond motifs is 1. The first-order valence-corrected chi connectivity index (χ1v) is 5.65. The molecule has 0 saturated carbocycles. The Hall–Kier alpha value is -1.15. The minimum absolute atomic E-state index is 0.0528. The first-order valence-electron chi connectivity index (χ1n) is 4.86. The molecule has 2 aromatic rings. The van der Waals surface area contributed by atoms with E-state index in [1.165, 1.54) is 5.39 Å². The molecule has 2 aromatic carbocycles. The van der Waals surface area contributed by atoms with Crippen LogP contribution in [0.15, 0.2) is 40.9 Å². The molecule has 1 nitrogen and oxygen atoms in total. The Labute approximate surface area is 97.2 Å². The van der Waals surface area contributed by atoms with Crippen LogP contribution in [0, 0.1) is 0 Å². The molecular weight excluding hydrogens is 252 g/mol. The van der Waals surface area contributed by atoms with Crippen molar-refractivity contribution in [2.45, 2.75) is 12.8 Å². The van der Waals surface area contributed by atoms with Gasteiger partial charge in [-0.05, 0) is 28.5 Å². The fraction of sp³-hybridized carbons (Fsp3) is 0.154. The van der Waals surface area contributed by atoms with E-state index in [1.54, 1.807) is 0 Å². The van der Waals surface area contributed by atoms with Gasteiger partial charge in [-0.2, -0.15) is 0 Å². The van der Waals surface area contributed by atoms with Crippen LogP contribution in [-0.4, -0.2) is 6.29 Å². The summed E-state index contributed by atoms with van der Waals surface area (Å²) in [4.78, 5) is 10.8. The van der Waals surface area contributed by atoms with Gasteiger partial charge in [-0.15, -0.1) is 0 Å². The van der Waals surface area contributed by atoms with Gasteiger partial charge in [-0.1, -0.05) is 47.1 Å². The van der Waals surface area contributed by atoms with Crippen LogP contribution in [0.4, 0.5) is 0 Å². The summed E-state index contributed by atoms with van der Waals surface area (Å²) in [6, 6.07) is 12.2. The number of carbonyl (C=O) groups is 1. The zero-order valence-corrected chi connectivity index (χ0v) is 9.99. The van der Waals surface area contributed by atoms with Gasteiger partial charge in [0, 0.05) is 10.4 Å². The second kappa shape index (κ2) is 4.15. The van der Waals surface area contributed by atoms with Crippen LogP contribution in [0.3, 0.4) is 0 Å². The van der Waals surface area contributed by atoms with Crippen molar-refractivity contribution in [1.29, 1.82) is 0 Å². The standard InChI is InChI=1S/C13H11BrO/c1-9(8-15)12-4-2-3-10-5-6-11(14)7-13(10)12/h2-9H,1H3. The van der Waals surface area contributed by atoms with Crippen LogP contribution in [0.25, 0.3) is 10.8 Å². The summed E-state index contributed by atoms with van der Waals surface area (Å²) in [5.41, 5.74) is 1.09. The molecule has 76 valence electrons. The molecule has 0 fully saturated rings. The minimum atomic E-state index is -0.0528. The van der Waals surface area contributed by atoms with Crippen LogP contribution in [-0.2, 0) is 4.79 Å². The monoisotopic (exact) mass is 262 g/mol. The molecule has 0 radical (unpaired) electrons. The SMILES string of the molecule is CC(C=O)c1cccc2ccc(Br)cc12. The maximum atomic E-state index is 10.8. The molecular formula is C13H11BrO. The lowest BCUT2D eigenvalue weighted by Crippen LogP contribution is -1.95. The number of rotatable bonds is 2. The number of aldehydes is 1. The van der Waals surface area contributed by atoms with Gasteiger partial charge in [0.05, 0.1) is 0 Å². The molecule has 0 aromatic heterocycles. The summed E-state index contributed by atoms with van der Waals surface area (Å²) < 4.78 is 1.04. The van der Waals surface area contributed by atoms with Gasteiger partial charge in [0.2, 0.25) is 0 Å². The molecule has 2 rings (SSSR count). The Morgan fingerprint density at radius 2 is 2.07 bits per heavy atom. The Kier molecular flexibility index (Phi) is 2.87. The van der Waals surface area contributed by atoms with Crippen LogP contribution in [0.1, 0.15) is 18.4 Å². The van der Waals surface area contributed by atoms with Crippen LogP contribution >= 0.6 is 15.9 Å². The Morgan fingerprint density at radius 1 is 1.27 bits per heavy atom. The summed E-state index contributed by atoms with van der Waals surface area (Å²) in [6.07, 6.45) is 0.982. The summed E-state index contributed by atoms with van der Waals surface area (Å²) >= 11 is 3.45. The molecule has 2 heteroatoms. The van der Waals surface area contributed by atoms with Crippen molar-refractivity contribution < 1.29 is 4.79 Å². The van der Waals surface area contributed by atoms with Gasteiger partial charge in [-0.3, -0.25) is 0 Å². The van der Waals surface area contributed by atoms with Gasteiger partial charge >= 0.3 is 0 Å². The zero-order chi connectivity index (χ0) is 10.8. The largest absolute Gasteiger partial charge is 0.303 e. The lowest BCUT2D eigenvalue weighted by molar-refractivity contribution is -0.108. The molecule has 0 aliphatic heterocycles. The second-order valence-corrected chi connectivity index (χ2v) is 4.55. The highest BCUT2D eigenvalue weighted by Crippen LogP contribution is 2.27. The van der Waals surface area contributed by atoms with Gasteiger partial charge in [-0.25, -0.2) is 0 Å². The summed E-state index contributed by atoms with van der Waals surface area (Å²) in [7, 11) is 0. The van der Waals surface area contributed by atoms with Gasteiger partial charge in [0.15, 0.2) is 0 Å². The van der Waals surface area contributed by atoms with E-state index in [9.17, 15) is 4.79 Å². The lowest BCUT2D eigenvalue weighted by Gasteiger charge is -2.09. The molecule has 0 amide bonds. The van der Waals surface area contributed by atoms with Crippen molar-refractivity contribution in [2.24, 2.45) is 0 Å². The Bertz CT molecular complexity index is 505.